The van der Waals surface area contributed by atoms with Gasteiger partial charge >= 0.3 is 0 Å². The molecule has 2 nitrogen and oxygen atoms in total. The van der Waals surface area contributed by atoms with E-state index >= 15 is 0 Å². The molecule has 0 fully saturated rings. The summed E-state index contributed by atoms with van der Waals surface area (Å²) in [4.78, 5) is 12.3. The maximum atomic E-state index is 12.3. The van der Waals surface area contributed by atoms with E-state index in [1.807, 2.05) is 29.0 Å². The number of anilines is 1. The quantitative estimate of drug-likeness (QED) is 0.857. The van der Waals surface area contributed by atoms with E-state index in [2.05, 4.69) is 21.2 Å². The Kier molecular flexibility index (Phi) is 2.76. The van der Waals surface area contributed by atoms with E-state index in [0.29, 0.717) is 0 Å². The highest BCUT2D eigenvalue weighted by Crippen LogP contribution is 2.27. The van der Waals surface area contributed by atoms with E-state index in [1.165, 1.54) is 16.9 Å². The van der Waals surface area contributed by atoms with E-state index in [1.54, 1.807) is 0 Å². The van der Waals surface area contributed by atoms with E-state index in [-0.39, 0.29) is 5.78 Å². The van der Waals surface area contributed by atoms with Gasteiger partial charge in [-0.15, -0.1) is 0 Å². The monoisotopic (exact) mass is 307 g/mol. The molecule has 0 amide bonds. The summed E-state index contributed by atoms with van der Waals surface area (Å²) >= 11 is 4.94. The second-order valence-corrected chi connectivity index (χ2v) is 5.61. The number of nitrogens with one attached hydrogen (secondary N) is 1. The summed E-state index contributed by atoms with van der Waals surface area (Å²) in [5.41, 5.74) is 3.92. The Labute approximate surface area is 112 Å². The van der Waals surface area contributed by atoms with Gasteiger partial charge in [0.2, 0.25) is 0 Å². The number of hydrogen-bond donors (Lipinski definition) is 1. The Hall–Kier alpha value is -1.13. The van der Waals surface area contributed by atoms with E-state index < -0.39 is 0 Å². The molecule has 0 saturated carbocycles. The molecule has 0 saturated heterocycles. The molecule has 0 spiro atoms. The lowest BCUT2D eigenvalue weighted by Gasteiger charge is -2.03. The van der Waals surface area contributed by atoms with Crippen molar-refractivity contribution in [2.24, 2.45) is 0 Å². The molecule has 86 valence electrons. The third-order valence-corrected chi connectivity index (χ3v) is 4.64. The van der Waals surface area contributed by atoms with Gasteiger partial charge in [-0.3, -0.25) is 4.79 Å². The van der Waals surface area contributed by atoms with Crippen LogP contribution in [0.5, 0.6) is 0 Å². The van der Waals surface area contributed by atoms with Crippen molar-refractivity contribution in [3.8, 4) is 0 Å². The minimum absolute atomic E-state index is 0.0906. The van der Waals surface area contributed by atoms with Gasteiger partial charge in [0.15, 0.2) is 5.78 Å². The first kappa shape index (κ1) is 11.0. The van der Waals surface area contributed by atoms with Crippen LogP contribution < -0.4 is 5.32 Å². The average Bonchev–Trinajstić information content (AvgIpc) is 2.95. The van der Waals surface area contributed by atoms with Crippen molar-refractivity contribution in [3.05, 3.63) is 50.1 Å². The number of halogens is 1. The number of carbonyl (C=O) groups excluding carboxylic acids is 1. The lowest BCUT2D eigenvalue weighted by Crippen LogP contribution is -2.01. The van der Waals surface area contributed by atoms with Crippen LogP contribution in [0.15, 0.2) is 33.4 Å². The fourth-order valence-corrected chi connectivity index (χ4v) is 3.50. The van der Waals surface area contributed by atoms with Crippen LogP contribution in [-0.2, 0) is 6.42 Å². The van der Waals surface area contributed by atoms with Crippen molar-refractivity contribution < 1.29 is 4.79 Å². The number of hydrogen-bond acceptors (Lipinski definition) is 3. The molecule has 3 rings (SSSR count). The molecule has 1 N–H and O–H groups in total. The third kappa shape index (κ3) is 1.91. The Morgan fingerprint density at radius 3 is 3.00 bits per heavy atom. The lowest BCUT2D eigenvalue weighted by molar-refractivity contribution is 0.103. The maximum absolute atomic E-state index is 12.3. The molecule has 0 atom stereocenters. The van der Waals surface area contributed by atoms with Gasteiger partial charge in [0, 0.05) is 38.6 Å². The average molecular weight is 308 g/mol. The van der Waals surface area contributed by atoms with Crippen LogP contribution in [0.4, 0.5) is 5.69 Å². The molecular formula is C13H10BrNOS. The number of rotatable bonds is 2. The summed E-state index contributed by atoms with van der Waals surface area (Å²) in [6, 6.07) is 5.89. The van der Waals surface area contributed by atoms with Gasteiger partial charge in [0.1, 0.15) is 0 Å². The van der Waals surface area contributed by atoms with Crippen LogP contribution in [-0.4, -0.2) is 12.3 Å². The van der Waals surface area contributed by atoms with Gasteiger partial charge in [0.25, 0.3) is 0 Å². The molecule has 2 heterocycles. The van der Waals surface area contributed by atoms with Gasteiger partial charge in [-0.1, -0.05) is 0 Å². The summed E-state index contributed by atoms with van der Waals surface area (Å²) in [6.45, 7) is 0.967. The number of benzene rings is 1. The molecule has 4 heteroatoms. The van der Waals surface area contributed by atoms with Crippen molar-refractivity contribution >= 4 is 38.7 Å². The SMILES string of the molecule is O=C(c1ccc2c(c1)CCN2)c1cscc1Br. The largest absolute Gasteiger partial charge is 0.384 e. The van der Waals surface area contributed by atoms with Crippen molar-refractivity contribution in [1.82, 2.24) is 0 Å². The van der Waals surface area contributed by atoms with Gasteiger partial charge < -0.3 is 5.32 Å². The summed E-state index contributed by atoms with van der Waals surface area (Å²) in [7, 11) is 0. The number of thiophene rings is 1. The number of carbonyl (C=O) groups is 1. The van der Waals surface area contributed by atoms with Crippen molar-refractivity contribution in [3.63, 3.8) is 0 Å². The Morgan fingerprint density at radius 1 is 1.35 bits per heavy atom. The predicted molar refractivity (Wildman–Crippen MR) is 74.1 cm³/mol. The van der Waals surface area contributed by atoms with Crippen LogP contribution in [0.25, 0.3) is 0 Å². The summed E-state index contributed by atoms with van der Waals surface area (Å²) in [6.07, 6.45) is 1.00. The zero-order valence-electron chi connectivity index (χ0n) is 9.00. The van der Waals surface area contributed by atoms with Crippen LogP contribution in [0.2, 0.25) is 0 Å². The van der Waals surface area contributed by atoms with Gasteiger partial charge in [-0.05, 0) is 46.1 Å². The van der Waals surface area contributed by atoms with Gasteiger partial charge in [-0.25, -0.2) is 0 Å². The van der Waals surface area contributed by atoms with Crippen molar-refractivity contribution in [1.29, 1.82) is 0 Å². The molecule has 0 radical (unpaired) electrons. The summed E-state index contributed by atoms with van der Waals surface area (Å²) in [5.74, 6) is 0.0906. The van der Waals surface area contributed by atoms with Gasteiger partial charge in [-0.2, -0.15) is 11.3 Å². The van der Waals surface area contributed by atoms with E-state index in [4.69, 9.17) is 0 Å². The minimum atomic E-state index is 0.0906. The normalized spacial score (nSPS) is 13.2. The molecule has 1 aromatic carbocycles. The Morgan fingerprint density at radius 2 is 2.24 bits per heavy atom. The molecular weight excluding hydrogens is 298 g/mol. The molecule has 1 aromatic heterocycles. The Bertz CT molecular complexity index is 591. The summed E-state index contributed by atoms with van der Waals surface area (Å²) in [5, 5.41) is 7.11. The molecule has 0 bridgehead atoms. The second-order valence-electron chi connectivity index (χ2n) is 4.01. The molecule has 2 aromatic rings. The van der Waals surface area contributed by atoms with Crippen molar-refractivity contribution in [2.75, 3.05) is 11.9 Å². The highest BCUT2D eigenvalue weighted by Gasteiger charge is 2.16. The van der Waals surface area contributed by atoms with Crippen LogP contribution in [0.1, 0.15) is 21.5 Å². The molecule has 0 unspecified atom stereocenters. The first-order chi connectivity index (χ1) is 8.25. The predicted octanol–water partition coefficient (Wildman–Crippen LogP) is 3.71. The molecule has 1 aliphatic rings. The highest BCUT2D eigenvalue weighted by molar-refractivity contribution is 9.10. The molecule has 17 heavy (non-hydrogen) atoms. The van der Waals surface area contributed by atoms with Crippen LogP contribution >= 0.6 is 27.3 Å². The zero-order valence-corrected chi connectivity index (χ0v) is 11.4. The lowest BCUT2D eigenvalue weighted by atomic mass is 10.0. The number of ketones is 1. The Balaban J connectivity index is 2.00. The topological polar surface area (TPSA) is 29.1 Å². The van der Waals surface area contributed by atoms with E-state index in [9.17, 15) is 4.79 Å². The first-order valence-corrected chi connectivity index (χ1v) is 7.12. The first-order valence-electron chi connectivity index (χ1n) is 5.39. The standard InChI is InChI=1S/C13H10BrNOS/c14-11-7-17-6-10(11)13(16)9-1-2-12-8(5-9)3-4-15-12/h1-2,5-7,15H,3-4H2. The maximum Gasteiger partial charge on any atom is 0.195 e. The van der Waals surface area contributed by atoms with Crippen LogP contribution in [0.3, 0.4) is 0 Å². The molecule has 1 aliphatic heterocycles. The van der Waals surface area contributed by atoms with E-state index in [0.717, 1.165) is 34.3 Å². The van der Waals surface area contributed by atoms with Gasteiger partial charge in [0.05, 0.1) is 0 Å². The fraction of sp³-hybridized carbons (Fsp3) is 0.154. The number of fused-ring (bicyclic) bond motifs is 1. The third-order valence-electron chi connectivity index (χ3n) is 2.94. The summed E-state index contributed by atoms with van der Waals surface area (Å²) < 4.78 is 0.881. The minimum Gasteiger partial charge on any atom is -0.384 e. The zero-order chi connectivity index (χ0) is 11.8. The van der Waals surface area contributed by atoms with Crippen molar-refractivity contribution in [2.45, 2.75) is 6.42 Å². The smallest absolute Gasteiger partial charge is 0.195 e. The molecule has 0 aliphatic carbocycles. The fourth-order valence-electron chi connectivity index (χ4n) is 2.05. The highest BCUT2D eigenvalue weighted by atomic mass is 79.9. The second kappa shape index (κ2) is 4.27. The van der Waals surface area contributed by atoms with Crippen LogP contribution in [0, 0.1) is 0 Å².